The van der Waals surface area contributed by atoms with Crippen LogP contribution in [0.2, 0.25) is 0 Å². The molecule has 3 heteroatoms. The maximum Gasteiger partial charge on any atom is 0.240 e. The molecular formula is C11H20N2O. The lowest BCUT2D eigenvalue weighted by atomic mass is 9.74. The van der Waals surface area contributed by atoms with Crippen molar-refractivity contribution in [3.8, 4) is 0 Å². The maximum atomic E-state index is 11.8. The van der Waals surface area contributed by atoms with Crippen LogP contribution >= 0.6 is 0 Å². The van der Waals surface area contributed by atoms with Gasteiger partial charge in [0.2, 0.25) is 5.91 Å². The van der Waals surface area contributed by atoms with E-state index in [-0.39, 0.29) is 11.4 Å². The van der Waals surface area contributed by atoms with Gasteiger partial charge in [-0.1, -0.05) is 19.3 Å². The molecule has 2 aliphatic rings. The number of nitrogens with one attached hydrogen (secondary N) is 2. The van der Waals surface area contributed by atoms with Crippen molar-refractivity contribution in [2.24, 2.45) is 5.92 Å². The van der Waals surface area contributed by atoms with Crippen LogP contribution in [0.5, 0.6) is 0 Å². The van der Waals surface area contributed by atoms with Crippen LogP contribution in [-0.4, -0.2) is 24.5 Å². The summed E-state index contributed by atoms with van der Waals surface area (Å²) < 4.78 is 0. The topological polar surface area (TPSA) is 41.1 Å². The minimum Gasteiger partial charge on any atom is -0.353 e. The molecule has 1 saturated heterocycles. The summed E-state index contributed by atoms with van der Waals surface area (Å²) in [5, 5.41) is 6.37. The predicted octanol–water partition coefficient (Wildman–Crippen LogP) is 1.04. The van der Waals surface area contributed by atoms with E-state index in [2.05, 4.69) is 17.6 Å². The second-order valence-electron chi connectivity index (χ2n) is 4.72. The molecule has 1 atom stereocenters. The van der Waals surface area contributed by atoms with Crippen molar-refractivity contribution < 1.29 is 4.79 Å². The summed E-state index contributed by atoms with van der Waals surface area (Å²) >= 11 is 0. The summed E-state index contributed by atoms with van der Waals surface area (Å²) in [5.41, 5.74) is -0.293. The molecular weight excluding hydrogens is 176 g/mol. The van der Waals surface area contributed by atoms with Crippen LogP contribution in [-0.2, 0) is 4.79 Å². The Balaban J connectivity index is 2.07. The van der Waals surface area contributed by atoms with E-state index in [1.807, 2.05) is 0 Å². The van der Waals surface area contributed by atoms with Gasteiger partial charge in [-0.25, -0.2) is 0 Å². The van der Waals surface area contributed by atoms with Gasteiger partial charge in [-0.2, -0.15) is 0 Å². The Bertz CT molecular complexity index is 223. The molecule has 0 aromatic heterocycles. The average Bonchev–Trinajstić information content (AvgIpc) is 2.24. The highest BCUT2D eigenvalue weighted by Crippen LogP contribution is 2.33. The van der Waals surface area contributed by atoms with Crippen molar-refractivity contribution in [2.75, 3.05) is 13.1 Å². The van der Waals surface area contributed by atoms with E-state index in [9.17, 15) is 4.79 Å². The van der Waals surface area contributed by atoms with Crippen molar-refractivity contribution >= 4 is 5.91 Å². The molecule has 0 spiro atoms. The second-order valence-corrected chi connectivity index (χ2v) is 4.72. The Kier molecular flexibility index (Phi) is 2.77. The fourth-order valence-corrected chi connectivity index (χ4v) is 2.77. The van der Waals surface area contributed by atoms with Crippen molar-refractivity contribution in [3.63, 3.8) is 0 Å². The lowest BCUT2D eigenvalue weighted by Gasteiger charge is -2.42. The molecule has 80 valence electrons. The molecule has 1 heterocycles. The Morgan fingerprint density at radius 2 is 1.93 bits per heavy atom. The molecule has 1 aliphatic carbocycles. The monoisotopic (exact) mass is 196 g/mol. The zero-order chi connectivity index (χ0) is 10.0. The van der Waals surface area contributed by atoms with Crippen LogP contribution in [0.15, 0.2) is 0 Å². The SMILES string of the molecule is CC1(C2CCCCC2)NCCNC1=O. The summed E-state index contributed by atoms with van der Waals surface area (Å²) in [6.07, 6.45) is 6.33. The zero-order valence-corrected chi connectivity index (χ0v) is 8.94. The van der Waals surface area contributed by atoms with Crippen molar-refractivity contribution in [3.05, 3.63) is 0 Å². The number of hydrogen-bond donors (Lipinski definition) is 2. The Labute approximate surface area is 85.6 Å². The molecule has 1 unspecified atom stereocenters. The molecule has 2 N–H and O–H groups in total. The van der Waals surface area contributed by atoms with Crippen molar-refractivity contribution in [1.29, 1.82) is 0 Å². The van der Waals surface area contributed by atoms with Gasteiger partial charge in [0.15, 0.2) is 0 Å². The molecule has 2 rings (SSSR count). The number of carbonyl (C=O) groups is 1. The van der Waals surface area contributed by atoms with Crippen LogP contribution in [0.4, 0.5) is 0 Å². The highest BCUT2D eigenvalue weighted by atomic mass is 16.2. The van der Waals surface area contributed by atoms with Crippen LogP contribution in [0.1, 0.15) is 39.0 Å². The third kappa shape index (κ3) is 1.65. The van der Waals surface area contributed by atoms with Gasteiger partial charge in [-0.05, 0) is 25.7 Å². The van der Waals surface area contributed by atoms with Gasteiger partial charge in [0.1, 0.15) is 0 Å². The van der Waals surface area contributed by atoms with E-state index < -0.39 is 0 Å². The van der Waals surface area contributed by atoms with E-state index in [0.29, 0.717) is 5.92 Å². The maximum absolute atomic E-state index is 11.8. The quantitative estimate of drug-likeness (QED) is 0.658. The Hall–Kier alpha value is -0.570. The molecule has 1 amide bonds. The Morgan fingerprint density at radius 1 is 1.21 bits per heavy atom. The fourth-order valence-electron chi connectivity index (χ4n) is 2.77. The van der Waals surface area contributed by atoms with Gasteiger partial charge < -0.3 is 10.6 Å². The summed E-state index contributed by atoms with van der Waals surface area (Å²) in [6, 6.07) is 0. The number of piperazine rings is 1. The smallest absolute Gasteiger partial charge is 0.240 e. The molecule has 0 aromatic rings. The van der Waals surface area contributed by atoms with Gasteiger partial charge in [-0.3, -0.25) is 4.79 Å². The van der Waals surface area contributed by atoms with Crippen LogP contribution in [0.25, 0.3) is 0 Å². The molecule has 1 saturated carbocycles. The first-order valence-corrected chi connectivity index (χ1v) is 5.77. The van der Waals surface area contributed by atoms with Crippen molar-refractivity contribution in [2.45, 2.75) is 44.6 Å². The largest absolute Gasteiger partial charge is 0.353 e. The highest BCUT2D eigenvalue weighted by Gasteiger charge is 2.42. The van der Waals surface area contributed by atoms with Gasteiger partial charge in [0, 0.05) is 13.1 Å². The molecule has 0 aromatic carbocycles. The Morgan fingerprint density at radius 3 is 2.57 bits per heavy atom. The first kappa shape index (κ1) is 9.97. The molecule has 3 nitrogen and oxygen atoms in total. The van der Waals surface area contributed by atoms with E-state index in [1.54, 1.807) is 0 Å². The van der Waals surface area contributed by atoms with Crippen LogP contribution < -0.4 is 10.6 Å². The lowest BCUT2D eigenvalue weighted by molar-refractivity contribution is -0.131. The number of rotatable bonds is 1. The average molecular weight is 196 g/mol. The molecule has 0 bridgehead atoms. The zero-order valence-electron chi connectivity index (χ0n) is 8.94. The summed E-state index contributed by atoms with van der Waals surface area (Å²) in [5.74, 6) is 0.743. The molecule has 0 radical (unpaired) electrons. The number of hydrogen-bond acceptors (Lipinski definition) is 2. The number of amides is 1. The minimum atomic E-state index is -0.293. The third-order valence-electron chi connectivity index (χ3n) is 3.80. The van der Waals surface area contributed by atoms with Gasteiger partial charge >= 0.3 is 0 Å². The highest BCUT2D eigenvalue weighted by molar-refractivity contribution is 5.87. The van der Waals surface area contributed by atoms with E-state index in [4.69, 9.17) is 0 Å². The summed E-state index contributed by atoms with van der Waals surface area (Å²) in [6.45, 7) is 3.76. The third-order valence-corrected chi connectivity index (χ3v) is 3.80. The first-order valence-electron chi connectivity index (χ1n) is 5.77. The van der Waals surface area contributed by atoms with Crippen molar-refractivity contribution in [1.82, 2.24) is 10.6 Å². The standard InChI is InChI=1S/C11H20N2O/c1-11(9-5-3-2-4-6-9)10(14)12-7-8-13-11/h9,13H,2-8H2,1H3,(H,12,14). The van der Waals surface area contributed by atoms with Crippen LogP contribution in [0, 0.1) is 5.92 Å². The molecule has 14 heavy (non-hydrogen) atoms. The second kappa shape index (κ2) is 3.89. The van der Waals surface area contributed by atoms with E-state index >= 15 is 0 Å². The lowest BCUT2D eigenvalue weighted by Crippen LogP contribution is -2.65. The number of carbonyl (C=O) groups excluding carboxylic acids is 1. The van der Waals surface area contributed by atoms with Gasteiger partial charge in [-0.15, -0.1) is 0 Å². The van der Waals surface area contributed by atoms with Gasteiger partial charge in [0.05, 0.1) is 5.54 Å². The van der Waals surface area contributed by atoms with Gasteiger partial charge in [0.25, 0.3) is 0 Å². The minimum absolute atomic E-state index is 0.204. The van der Waals surface area contributed by atoms with E-state index in [0.717, 1.165) is 13.1 Å². The fraction of sp³-hybridized carbons (Fsp3) is 0.909. The normalized spacial score (nSPS) is 35.4. The van der Waals surface area contributed by atoms with E-state index in [1.165, 1.54) is 32.1 Å². The summed E-state index contributed by atoms with van der Waals surface area (Å²) in [7, 11) is 0. The van der Waals surface area contributed by atoms with Crippen LogP contribution in [0.3, 0.4) is 0 Å². The first-order chi connectivity index (χ1) is 6.73. The summed E-state index contributed by atoms with van der Waals surface area (Å²) in [4.78, 5) is 11.8. The predicted molar refractivity (Wildman–Crippen MR) is 56.0 cm³/mol. The molecule has 1 aliphatic heterocycles. The molecule has 2 fully saturated rings.